The molecule has 7 nitrogen and oxygen atoms in total. The van der Waals surface area contributed by atoms with Crippen molar-refractivity contribution in [2.45, 2.75) is 19.6 Å². The lowest BCUT2D eigenvalue weighted by molar-refractivity contribution is -0.148. The number of carbonyl (C=O) groups excluding carboxylic acids is 3. The maximum Gasteiger partial charge on any atom is 0.328 e. The third kappa shape index (κ3) is 5.06. The number of ether oxygens (including phenoxy) is 3. The van der Waals surface area contributed by atoms with E-state index in [0.717, 1.165) is 33.0 Å². The van der Waals surface area contributed by atoms with Gasteiger partial charge in [0.1, 0.15) is 12.6 Å². The van der Waals surface area contributed by atoms with Gasteiger partial charge in [-0.25, -0.2) is 4.79 Å². The van der Waals surface area contributed by atoms with Crippen LogP contribution in [-0.2, 0) is 20.9 Å². The van der Waals surface area contributed by atoms with Crippen molar-refractivity contribution in [2.24, 2.45) is 0 Å². The van der Waals surface area contributed by atoms with E-state index < -0.39 is 23.2 Å². The molecule has 0 aliphatic carbocycles. The van der Waals surface area contributed by atoms with Gasteiger partial charge < -0.3 is 14.2 Å². The van der Waals surface area contributed by atoms with E-state index in [2.05, 4.69) is 38.9 Å². The highest BCUT2D eigenvalue weighted by Gasteiger charge is 2.41. The van der Waals surface area contributed by atoms with Crippen molar-refractivity contribution < 1.29 is 28.6 Å². The second kappa shape index (κ2) is 10.5. The average molecular weight is 556 g/mol. The van der Waals surface area contributed by atoms with Crippen molar-refractivity contribution in [3.8, 4) is 11.5 Å². The smallest absolute Gasteiger partial charge is 0.328 e. The number of esters is 1. The van der Waals surface area contributed by atoms with Crippen molar-refractivity contribution in [1.29, 1.82) is 0 Å². The van der Waals surface area contributed by atoms with Gasteiger partial charge in [-0.3, -0.25) is 14.5 Å². The number of carbonyl (C=O) groups is 3. The molecular formula is C26H22BrNO6S. The number of rotatable bonds is 7. The molecule has 1 aliphatic heterocycles. The van der Waals surface area contributed by atoms with Gasteiger partial charge in [0.05, 0.1) is 19.1 Å². The number of hydrogen-bond acceptors (Lipinski definition) is 7. The van der Waals surface area contributed by atoms with Gasteiger partial charge in [0.15, 0.2) is 11.5 Å². The molecule has 1 fully saturated rings. The lowest BCUT2D eigenvalue weighted by atomic mass is 10.1. The minimum Gasteiger partial charge on any atom is -0.493 e. The monoisotopic (exact) mass is 555 g/mol. The summed E-state index contributed by atoms with van der Waals surface area (Å²) < 4.78 is 16.9. The van der Waals surface area contributed by atoms with Crippen LogP contribution in [0.15, 0.2) is 64.0 Å². The van der Waals surface area contributed by atoms with Crippen LogP contribution >= 0.6 is 27.7 Å². The molecule has 4 rings (SSSR count). The fourth-order valence-corrected chi connectivity index (χ4v) is 5.07. The summed E-state index contributed by atoms with van der Waals surface area (Å²) in [5, 5.41) is 1.71. The first kappa shape index (κ1) is 24.8. The molecule has 0 N–H and O–H groups in total. The Bertz CT molecular complexity index is 1350. The normalized spacial score (nSPS) is 15.5. The van der Waals surface area contributed by atoms with Crippen LogP contribution in [0.2, 0.25) is 0 Å². The summed E-state index contributed by atoms with van der Waals surface area (Å²) in [4.78, 5) is 38.1. The van der Waals surface area contributed by atoms with Gasteiger partial charge in [0, 0.05) is 4.47 Å². The summed E-state index contributed by atoms with van der Waals surface area (Å²) >= 11 is 4.29. The van der Waals surface area contributed by atoms with Crippen LogP contribution in [0.3, 0.4) is 0 Å². The van der Waals surface area contributed by atoms with Crippen LogP contribution < -0.4 is 9.47 Å². The SMILES string of the molecule is COC(=O)[C@@H](C)N1C(=O)S/C(=C/c2cc(OC)c(OCc3cccc4ccccc34)cc2Br)C1=O. The van der Waals surface area contributed by atoms with Gasteiger partial charge in [-0.05, 0) is 58.8 Å². The highest BCUT2D eigenvalue weighted by Crippen LogP contribution is 2.39. The minimum absolute atomic E-state index is 0.193. The number of thioether (sulfide) groups is 1. The van der Waals surface area contributed by atoms with Crippen molar-refractivity contribution in [2.75, 3.05) is 14.2 Å². The number of imide groups is 1. The number of nitrogens with zero attached hydrogens (tertiary/aromatic N) is 1. The van der Waals surface area contributed by atoms with Crippen molar-refractivity contribution in [3.63, 3.8) is 0 Å². The second-order valence-electron chi connectivity index (χ2n) is 7.70. The number of methoxy groups -OCH3 is 2. The molecule has 3 aromatic carbocycles. The lowest BCUT2D eigenvalue weighted by Gasteiger charge is -2.18. The molecule has 0 aromatic heterocycles. The zero-order valence-corrected chi connectivity index (χ0v) is 21.6. The molecule has 0 radical (unpaired) electrons. The van der Waals surface area contributed by atoms with E-state index in [1.165, 1.54) is 21.1 Å². The Balaban J connectivity index is 1.58. The largest absolute Gasteiger partial charge is 0.493 e. The first-order valence-corrected chi connectivity index (χ1v) is 12.3. The van der Waals surface area contributed by atoms with E-state index in [1.54, 1.807) is 18.2 Å². The number of hydrogen-bond donors (Lipinski definition) is 0. The first-order valence-electron chi connectivity index (χ1n) is 10.7. The molecule has 35 heavy (non-hydrogen) atoms. The van der Waals surface area contributed by atoms with E-state index in [4.69, 9.17) is 9.47 Å². The van der Waals surface area contributed by atoms with E-state index in [-0.39, 0.29) is 4.91 Å². The van der Waals surface area contributed by atoms with E-state index >= 15 is 0 Å². The first-order chi connectivity index (χ1) is 16.8. The molecular weight excluding hydrogens is 534 g/mol. The van der Waals surface area contributed by atoms with E-state index in [9.17, 15) is 14.4 Å². The maximum atomic E-state index is 12.8. The van der Waals surface area contributed by atoms with Gasteiger partial charge in [-0.2, -0.15) is 0 Å². The molecule has 3 aromatic rings. The summed E-state index contributed by atoms with van der Waals surface area (Å²) in [5.41, 5.74) is 1.66. The van der Waals surface area contributed by atoms with Crippen LogP contribution in [0.25, 0.3) is 16.8 Å². The molecule has 0 bridgehead atoms. The summed E-state index contributed by atoms with van der Waals surface area (Å²) in [6.45, 7) is 1.79. The molecule has 2 amide bonds. The summed E-state index contributed by atoms with van der Waals surface area (Å²) in [5.74, 6) is -0.220. The molecule has 1 aliphatic rings. The third-order valence-electron chi connectivity index (χ3n) is 5.59. The molecule has 9 heteroatoms. The Kier molecular flexibility index (Phi) is 7.47. The third-order valence-corrected chi connectivity index (χ3v) is 7.16. The molecule has 1 heterocycles. The second-order valence-corrected chi connectivity index (χ2v) is 9.55. The van der Waals surface area contributed by atoms with Crippen LogP contribution in [0, 0.1) is 0 Å². The zero-order chi connectivity index (χ0) is 25.1. The zero-order valence-electron chi connectivity index (χ0n) is 19.2. The van der Waals surface area contributed by atoms with Gasteiger partial charge >= 0.3 is 5.97 Å². The molecule has 0 saturated carbocycles. The number of benzene rings is 3. The quantitative estimate of drug-likeness (QED) is 0.269. The van der Waals surface area contributed by atoms with Gasteiger partial charge in [0.25, 0.3) is 11.1 Å². The fraction of sp³-hybridized carbons (Fsp3) is 0.192. The molecule has 0 unspecified atom stereocenters. The predicted octanol–water partition coefficient (Wildman–Crippen LogP) is 5.79. The van der Waals surface area contributed by atoms with Crippen LogP contribution in [0.4, 0.5) is 4.79 Å². The van der Waals surface area contributed by atoms with Gasteiger partial charge in [0.2, 0.25) is 0 Å². The van der Waals surface area contributed by atoms with Crippen molar-refractivity contribution in [3.05, 3.63) is 75.1 Å². The average Bonchev–Trinajstić information content (AvgIpc) is 3.15. The highest BCUT2D eigenvalue weighted by atomic mass is 79.9. The molecule has 180 valence electrons. The molecule has 0 spiro atoms. The Hall–Kier alpha value is -3.30. The number of amides is 2. The fourth-order valence-electron chi connectivity index (χ4n) is 3.74. The topological polar surface area (TPSA) is 82.1 Å². The van der Waals surface area contributed by atoms with E-state index in [0.29, 0.717) is 28.1 Å². The Morgan fingerprint density at radius 2 is 1.83 bits per heavy atom. The van der Waals surface area contributed by atoms with Gasteiger partial charge in [-0.15, -0.1) is 0 Å². The summed E-state index contributed by atoms with van der Waals surface area (Å²) in [6, 6.07) is 16.6. The van der Waals surface area contributed by atoms with Crippen molar-refractivity contribution in [1.82, 2.24) is 4.90 Å². The summed E-state index contributed by atoms with van der Waals surface area (Å²) in [6.07, 6.45) is 1.58. The maximum absolute atomic E-state index is 12.8. The number of halogens is 1. The van der Waals surface area contributed by atoms with Crippen LogP contribution in [-0.4, -0.2) is 42.3 Å². The van der Waals surface area contributed by atoms with Crippen molar-refractivity contribution >= 4 is 61.7 Å². The predicted molar refractivity (Wildman–Crippen MR) is 138 cm³/mol. The Labute approximate surface area is 215 Å². The number of fused-ring (bicyclic) bond motifs is 1. The molecule has 1 saturated heterocycles. The minimum atomic E-state index is -1.01. The Morgan fingerprint density at radius 1 is 1.09 bits per heavy atom. The molecule has 1 atom stereocenters. The van der Waals surface area contributed by atoms with Gasteiger partial charge in [-0.1, -0.05) is 58.4 Å². The Morgan fingerprint density at radius 3 is 2.57 bits per heavy atom. The van der Waals surface area contributed by atoms with E-state index in [1.807, 2.05) is 24.3 Å². The lowest BCUT2D eigenvalue weighted by Crippen LogP contribution is -2.42. The van der Waals surface area contributed by atoms with Crippen LogP contribution in [0.5, 0.6) is 11.5 Å². The summed E-state index contributed by atoms with van der Waals surface area (Å²) in [7, 11) is 2.74. The standard InChI is InChI=1S/C26H22BrNO6S/c1-15(25(30)33-3)28-24(29)23(35-26(28)31)12-18-11-21(32-2)22(13-20(18)27)34-14-17-9-6-8-16-7-4-5-10-19(16)17/h4-13,15H,14H2,1-3H3/b23-12+/t15-/m1/s1. The van der Waals surface area contributed by atoms with Crippen LogP contribution in [0.1, 0.15) is 18.1 Å². The highest BCUT2D eigenvalue weighted by molar-refractivity contribution is 9.10.